The number of sulfonamides is 1. The van der Waals surface area contributed by atoms with E-state index < -0.39 is 10.0 Å². The van der Waals surface area contributed by atoms with Gasteiger partial charge in [0, 0.05) is 17.6 Å². The average Bonchev–Trinajstić information content (AvgIpc) is 3.01. The van der Waals surface area contributed by atoms with Crippen LogP contribution in [0.3, 0.4) is 0 Å². The first-order valence-electron chi connectivity index (χ1n) is 8.75. The lowest BCUT2D eigenvalue weighted by atomic mass is 9.88. The van der Waals surface area contributed by atoms with Gasteiger partial charge in [-0.05, 0) is 62.3 Å². The van der Waals surface area contributed by atoms with Gasteiger partial charge in [0.05, 0.1) is 11.1 Å². The zero-order valence-corrected chi connectivity index (χ0v) is 15.9. The van der Waals surface area contributed by atoms with Gasteiger partial charge in [0.25, 0.3) is 0 Å². The molecule has 0 spiro atoms. The fraction of sp³-hybridized carbons (Fsp3) is 0.368. The van der Waals surface area contributed by atoms with Gasteiger partial charge in [0.2, 0.25) is 10.0 Å². The number of rotatable bonds is 3. The summed E-state index contributed by atoms with van der Waals surface area (Å²) in [5.74, 6) is 0. The third-order valence-corrected chi connectivity index (χ3v) is 6.91. The van der Waals surface area contributed by atoms with Gasteiger partial charge in [-0.1, -0.05) is 17.7 Å². The highest BCUT2D eigenvalue weighted by Gasteiger charge is 2.27. The van der Waals surface area contributed by atoms with Gasteiger partial charge in [0.1, 0.15) is 0 Å². The summed E-state index contributed by atoms with van der Waals surface area (Å²) in [5, 5.41) is 7.98. The highest BCUT2D eigenvalue weighted by molar-refractivity contribution is 7.89. The third kappa shape index (κ3) is 2.91. The Hall–Kier alpha value is -2.25. The van der Waals surface area contributed by atoms with Gasteiger partial charge in [-0.15, -0.1) is 0 Å². The van der Waals surface area contributed by atoms with Crippen LogP contribution >= 0.6 is 0 Å². The Balaban J connectivity index is 1.62. The highest BCUT2D eigenvalue weighted by atomic mass is 32.2. The molecule has 26 heavy (non-hydrogen) atoms. The van der Waals surface area contributed by atoms with Crippen molar-refractivity contribution in [3.05, 3.63) is 52.3 Å². The summed E-state index contributed by atoms with van der Waals surface area (Å²) in [6, 6.07) is 3.70. The molecule has 1 aromatic carbocycles. The summed E-state index contributed by atoms with van der Waals surface area (Å²) < 4.78 is 28.9. The van der Waals surface area contributed by atoms with E-state index in [2.05, 4.69) is 19.9 Å². The zero-order valence-electron chi connectivity index (χ0n) is 15.1. The summed E-state index contributed by atoms with van der Waals surface area (Å²) in [5.41, 5.74) is 5.74. The van der Waals surface area contributed by atoms with Crippen molar-refractivity contribution >= 4 is 21.1 Å². The Morgan fingerprint density at radius 1 is 1.15 bits per heavy atom. The predicted octanol–water partition coefficient (Wildman–Crippen LogP) is 2.72. The minimum atomic E-state index is -3.56. The lowest BCUT2D eigenvalue weighted by Crippen LogP contribution is -2.39. The summed E-state index contributed by atoms with van der Waals surface area (Å²) in [6.07, 6.45) is 5.85. The van der Waals surface area contributed by atoms with Gasteiger partial charge in [0.15, 0.2) is 5.65 Å². The lowest BCUT2D eigenvalue weighted by Gasteiger charge is -2.26. The lowest BCUT2D eigenvalue weighted by molar-refractivity contribution is 0.507. The van der Waals surface area contributed by atoms with Gasteiger partial charge < -0.3 is 0 Å². The smallest absolute Gasteiger partial charge is 0.241 e. The molecule has 136 valence electrons. The molecule has 0 bridgehead atoms. The topological polar surface area (TPSA) is 87.7 Å². The molecule has 1 aliphatic carbocycles. The molecular weight excluding hydrogens is 348 g/mol. The summed E-state index contributed by atoms with van der Waals surface area (Å²) in [4.78, 5) is 4.79. The number of aryl methyl sites for hydroxylation is 4. The second kappa shape index (κ2) is 6.17. The maximum Gasteiger partial charge on any atom is 0.241 e. The first-order chi connectivity index (χ1) is 12.3. The number of hydrogen-bond acceptors (Lipinski definition) is 4. The number of aromatic amines is 1. The molecule has 1 unspecified atom stereocenters. The fourth-order valence-electron chi connectivity index (χ4n) is 4.12. The molecular formula is C19H22N4O2S. The molecule has 0 saturated heterocycles. The quantitative estimate of drug-likeness (QED) is 0.742. The Labute approximate surface area is 153 Å². The van der Waals surface area contributed by atoms with Gasteiger partial charge >= 0.3 is 0 Å². The van der Waals surface area contributed by atoms with Crippen molar-refractivity contribution in [3.63, 3.8) is 0 Å². The number of benzene rings is 1. The molecule has 2 aromatic heterocycles. The predicted molar refractivity (Wildman–Crippen MR) is 101 cm³/mol. The molecule has 0 aliphatic heterocycles. The number of nitrogens with zero attached hydrogens (tertiary/aromatic N) is 2. The van der Waals surface area contributed by atoms with E-state index in [9.17, 15) is 8.42 Å². The molecule has 2 N–H and O–H groups in total. The molecule has 0 saturated carbocycles. The minimum Gasteiger partial charge on any atom is -0.261 e. The number of hydrogen-bond donors (Lipinski definition) is 2. The van der Waals surface area contributed by atoms with E-state index in [1.165, 1.54) is 5.56 Å². The Kier molecular flexibility index (Phi) is 4.08. The van der Waals surface area contributed by atoms with Crippen LogP contribution in [0.4, 0.5) is 0 Å². The van der Waals surface area contributed by atoms with E-state index in [0.717, 1.165) is 46.1 Å². The van der Waals surface area contributed by atoms with Crippen molar-refractivity contribution in [1.29, 1.82) is 0 Å². The van der Waals surface area contributed by atoms with Crippen LogP contribution in [0.5, 0.6) is 0 Å². The van der Waals surface area contributed by atoms with E-state index in [1.807, 2.05) is 39.1 Å². The van der Waals surface area contributed by atoms with Crippen molar-refractivity contribution in [2.45, 2.75) is 51.0 Å². The van der Waals surface area contributed by atoms with Crippen LogP contribution in [0.15, 0.2) is 29.4 Å². The molecule has 0 amide bonds. The van der Waals surface area contributed by atoms with Crippen LogP contribution in [0.2, 0.25) is 0 Å². The van der Waals surface area contributed by atoms with E-state index in [0.29, 0.717) is 11.3 Å². The number of aromatic nitrogens is 3. The monoisotopic (exact) mass is 370 g/mol. The second-order valence-corrected chi connectivity index (χ2v) is 8.83. The van der Waals surface area contributed by atoms with Crippen molar-refractivity contribution in [1.82, 2.24) is 19.9 Å². The Morgan fingerprint density at radius 3 is 2.62 bits per heavy atom. The summed E-state index contributed by atoms with van der Waals surface area (Å²) in [7, 11) is -3.56. The maximum absolute atomic E-state index is 13.0. The van der Waals surface area contributed by atoms with Crippen LogP contribution in [0.25, 0.3) is 11.0 Å². The molecule has 4 rings (SSSR count). The third-order valence-electron chi connectivity index (χ3n) is 5.09. The van der Waals surface area contributed by atoms with Crippen LogP contribution < -0.4 is 4.72 Å². The van der Waals surface area contributed by atoms with Crippen molar-refractivity contribution in [3.8, 4) is 0 Å². The van der Waals surface area contributed by atoms with Crippen molar-refractivity contribution in [2.75, 3.05) is 0 Å². The molecule has 0 fully saturated rings. The van der Waals surface area contributed by atoms with E-state index in [1.54, 1.807) is 6.20 Å². The van der Waals surface area contributed by atoms with E-state index in [-0.39, 0.29) is 6.04 Å². The van der Waals surface area contributed by atoms with Crippen LogP contribution in [0.1, 0.15) is 34.2 Å². The van der Waals surface area contributed by atoms with E-state index in [4.69, 9.17) is 0 Å². The number of fused-ring (bicyclic) bond motifs is 3. The first-order valence-corrected chi connectivity index (χ1v) is 10.2. The first kappa shape index (κ1) is 17.2. The summed E-state index contributed by atoms with van der Waals surface area (Å²) in [6.45, 7) is 5.68. The normalized spacial score (nSPS) is 17.4. The molecule has 0 radical (unpaired) electrons. The van der Waals surface area contributed by atoms with Crippen LogP contribution in [-0.4, -0.2) is 29.6 Å². The Morgan fingerprint density at radius 2 is 1.88 bits per heavy atom. The molecule has 2 heterocycles. The fourth-order valence-corrected chi connectivity index (χ4v) is 5.84. The van der Waals surface area contributed by atoms with Gasteiger partial charge in [-0.3, -0.25) is 5.10 Å². The molecule has 1 atom stereocenters. The average molecular weight is 370 g/mol. The van der Waals surface area contributed by atoms with Gasteiger partial charge in [-0.2, -0.15) is 5.10 Å². The number of H-pyrrole nitrogens is 1. The number of nitrogens with one attached hydrogen (secondary N) is 2. The molecule has 6 nitrogen and oxygen atoms in total. The SMILES string of the molecule is Cc1cc(C)c(S(=O)(=O)NC2CCc3c(cnc4[nH]ncc34)C2)c(C)c1. The van der Waals surface area contributed by atoms with E-state index >= 15 is 0 Å². The van der Waals surface area contributed by atoms with Crippen molar-refractivity contribution in [2.24, 2.45) is 0 Å². The molecule has 3 aromatic rings. The highest BCUT2D eigenvalue weighted by Crippen LogP contribution is 2.28. The van der Waals surface area contributed by atoms with Gasteiger partial charge in [-0.25, -0.2) is 18.1 Å². The largest absolute Gasteiger partial charge is 0.261 e. The van der Waals surface area contributed by atoms with Crippen LogP contribution in [-0.2, 0) is 22.9 Å². The minimum absolute atomic E-state index is 0.126. The zero-order chi connectivity index (χ0) is 18.5. The maximum atomic E-state index is 13.0. The molecule has 1 aliphatic rings. The van der Waals surface area contributed by atoms with Crippen LogP contribution in [0, 0.1) is 20.8 Å². The summed E-state index contributed by atoms with van der Waals surface area (Å²) >= 11 is 0. The van der Waals surface area contributed by atoms with Crippen molar-refractivity contribution < 1.29 is 8.42 Å². The second-order valence-electron chi connectivity index (χ2n) is 7.18. The standard InChI is InChI=1S/C19H22N4O2S/c1-11-6-12(2)18(13(3)7-11)26(24,25)23-15-4-5-16-14(8-15)9-20-19-17(16)10-21-22-19/h6-7,9-10,15,23H,4-5,8H2,1-3H3,(H,20,21,22). The molecule has 7 heteroatoms. The number of pyridine rings is 1. The Bertz CT molecular complexity index is 1080.